The number of oxazole rings is 1. The maximum Gasteiger partial charge on any atom is 0.290 e. The SMILES string of the molecule is C=C/C=C\c1oc(-c2cc(-c3cc4c(C(=O)NC)c(-c5ccc(F)cc5)oc4cc3N(CCO)P(C)(=O)O)ccc2OC)nc1C. The number of rotatable bonds is 11. The minimum Gasteiger partial charge on any atom is -0.496 e. The van der Waals surface area contributed by atoms with Crippen LogP contribution in [0.15, 0.2) is 82.2 Å². The van der Waals surface area contributed by atoms with Gasteiger partial charge in [-0.15, -0.1) is 0 Å². The highest BCUT2D eigenvalue weighted by Gasteiger charge is 2.29. The molecule has 0 bridgehead atoms. The molecule has 0 saturated carbocycles. The Kier molecular flexibility index (Phi) is 9.29. The monoisotopic (exact) mass is 645 g/mol. The first kappa shape index (κ1) is 32.4. The molecule has 0 radical (unpaired) electrons. The number of fused-ring (bicyclic) bond motifs is 1. The molecule has 2 heterocycles. The van der Waals surface area contributed by atoms with E-state index in [-0.39, 0.29) is 35.0 Å². The normalized spacial score (nSPS) is 12.8. The zero-order valence-corrected chi connectivity index (χ0v) is 26.6. The highest BCUT2D eigenvalue weighted by atomic mass is 31.2. The average molecular weight is 646 g/mol. The number of nitrogens with zero attached hydrogens (tertiary/aromatic N) is 2. The summed E-state index contributed by atoms with van der Waals surface area (Å²) in [7, 11) is -0.989. The summed E-state index contributed by atoms with van der Waals surface area (Å²) in [6.07, 6.45) is 5.10. The zero-order chi connectivity index (χ0) is 33.2. The summed E-state index contributed by atoms with van der Waals surface area (Å²) in [4.78, 5) is 28.7. The number of hydrogen-bond donors (Lipinski definition) is 3. The molecule has 5 rings (SSSR count). The van der Waals surface area contributed by atoms with Crippen LogP contribution in [0, 0.1) is 12.7 Å². The van der Waals surface area contributed by atoms with E-state index in [4.69, 9.17) is 13.6 Å². The van der Waals surface area contributed by atoms with Crippen LogP contribution in [0.2, 0.25) is 0 Å². The van der Waals surface area contributed by atoms with E-state index in [9.17, 15) is 23.7 Å². The molecule has 0 aliphatic carbocycles. The van der Waals surface area contributed by atoms with Crippen LogP contribution in [0.3, 0.4) is 0 Å². The van der Waals surface area contributed by atoms with Crippen molar-refractivity contribution in [3.8, 4) is 39.7 Å². The molecule has 0 aliphatic rings. The van der Waals surface area contributed by atoms with Crippen LogP contribution in [0.1, 0.15) is 21.8 Å². The van der Waals surface area contributed by atoms with Crippen molar-refractivity contribution in [1.29, 1.82) is 0 Å². The second-order valence-corrected chi connectivity index (χ2v) is 12.6. The number of amides is 1. The second-order valence-electron chi connectivity index (χ2n) is 10.4. The van der Waals surface area contributed by atoms with E-state index in [1.165, 1.54) is 49.8 Å². The van der Waals surface area contributed by atoms with Crippen LogP contribution in [0.25, 0.3) is 51.0 Å². The molecule has 2 aromatic heterocycles. The van der Waals surface area contributed by atoms with Crippen LogP contribution in [0.4, 0.5) is 10.1 Å². The van der Waals surface area contributed by atoms with Gasteiger partial charge in [-0.1, -0.05) is 24.8 Å². The quantitative estimate of drug-likeness (QED) is 0.102. The highest BCUT2D eigenvalue weighted by molar-refractivity contribution is 7.58. The minimum atomic E-state index is -3.99. The van der Waals surface area contributed by atoms with Crippen molar-refractivity contribution < 1.29 is 37.3 Å². The zero-order valence-electron chi connectivity index (χ0n) is 25.7. The number of aliphatic hydroxyl groups is 1. The van der Waals surface area contributed by atoms with Crippen LogP contribution < -0.4 is 14.7 Å². The van der Waals surface area contributed by atoms with Crippen molar-refractivity contribution in [1.82, 2.24) is 10.3 Å². The Morgan fingerprint density at radius 2 is 1.85 bits per heavy atom. The lowest BCUT2D eigenvalue weighted by Gasteiger charge is -2.29. The highest BCUT2D eigenvalue weighted by Crippen LogP contribution is 2.50. The van der Waals surface area contributed by atoms with Crippen LogP contribution in [0.5, 0.6) is 5.75 Å². The van der Waals surface area contributed by atoms with Gasteiger partial charge in [0, 0.05) is 42.8 Å². The Hall–Kier alpha value is -4.96. The smallest absolute Gasteiger partial charge is 0.290 e. The number of hydrogen-bond acceptors (Lipinski definition) is 7. The first-order valence-electron chi connectivity index (χ1n) is 14.2. The van der Waals surface area contributed by atoms with Crippen molar-refractivity contribution in [3.05, 3.63) is 96.2 Å². The van der Waals surface area contributed by atoms with Crippen LogP contribution in [-0.2, 0) is 4.57 Å². The Labute approximate surface area is 264 Å². The number of allylic oxidation sites excluding steroid dienone is 2. The van der Waals surface area contributed by atoms with Gasteiger partial charge < -0.3 is 28.9 Å². The van der Waals surface area contributed by atoms with Gasteiger partial charge in [0.05, 0.1) is 36.2 Å². The fourth-order valence-electron chi connectivity index (χ4n) is 5.21. The standard InChI is InChI=1S/C34H33FN3O7P/c1-6-7-8-28-20(2)37-34(45-28)26-17-22(11-14-29(26)43-4)24-18-25-30(19-27(24)38(15-16-39)46(5,41)42)44-32(31(25)33(40)36-3)21-9-12-23(35)13-10-21/h6-14,17-19,39H,1,15-16H2,2-5H3,(H,36,40)(H,41,42)/b8-7-. The number of halogens is 1. The fraction of sp³-hybridized carbons (Fsp3) is 0.176. The lowest BCUT2D eigenvalue weighted by Crippen LogP contribution is -2.23. The molecule has 1 unspecified atom stereocenters. The lowest BCUT2D eigenvalue weighted by molar-refractivity contribution is 0.0964. The molecule has 1 atom stereocenters. The molecule has 0 aliphatic heterocycles. The van der Waals surface area contributed by atoms with Crippen molar-refractivity contribution in [2.24, 2.45) is 0 Å². The lowest BCUT2D eigenvalue weighted by atomic mass is 9.97. The van der Waals surface area contributed by atoms with Gasteiger partial charge in [0.15, 0.2) is 5.76 Å². The number of furan rings is 1. The molecule has 0 fully saturated rings. The molecule has 12 heteroatoms. The molecule has 238 valence electrons. The van der Waals surface area contributed by atoms with Gasteiger partial charge in [0.25, 0.3) is 13.4 Å². The topological polar surface area (TPSA) is 138 Å². The molecule has 1 amide bonds. The summed E-state index contributed by atoms with van der Waals surface area (Å²) >= 11 is 0. The molecule has 10 nitrogen and oxygen atoms in total. The third-order valence-electron chi connectivity index (χ3n) is 7.36. The molecule has 3 aromatic carbocycles. The molecule has 5 aromatic rings. The van der Waals surface area contributed by atoms with E-state index in [0.717, 1.165) is 0 Å². The average Bonchev–Trinajstić information content (AvgIpc) is 3.60. The van der Waals surface area contributed by atoms with E-state index in [1.54, 1.807) is 48.6 Å². The summed E-state index contributed by atoms with van der Waals surface area (Å²) in [6, 6.07) is 14.0. The van der Waals surface area contributed by atoms with E-state index in [0.29, 0.717) is 44.8 Å². The summed E-state index contributed by atoms with van der Waals surface area (Å²) in [5.41, 5.74) is 3.34. The number of ether oxygens (including phenoxy) is 1. The number of benzene rings is 3. The Morgan fingerprint density at radius 1 is 1.13 bits per heavy atom. The summed E-state index contributed by atoms with van der Waals surface area (Å²) in [5, 5.41) is 12.9. The van der Waals surface area contributed by atoms with Crippen molar-refractivity contribution in [2.45, 2.75) is 6.92 Å². The maximum absolute atomic E-state index is 13.8. The number of methoxy groups -OCH3 is 1. The maximum atomic E-state index is 13.8. The third kappa shape index (κ3) is 6.25. The molecular formula is C34H33FN3O7P. The molecular weight excluding hydrogens is 612 g/mol. The number of carbonyl (C=O) groups is 1. The van der Waals surface area contributed by atoms with Gasteiger partial charge in [-0.05, 0) is 61.0 Å². The van der Waals surface area contributed by atoms with Crippen molar-refractivity contribution in [2.75, 3.05) is 38.6 Å². The third-order valence-corrected chi connectivity index (χ3v) is 8.67. The first-order chi connectivity index (χ1) is 22.0. The van der Waals surface area contributed by atoms with Crippen molar-refractivity contribution in [3.63, 3.8) is 0 Å². The number of aryl methyl sites for hydroxylation is 1. The summed E-state index contributed by atoms with van der Waals surface area (Å²) in [6.45, 7) is 6.09. The van der Waals surface area contributed by atoms with Crippen LogP contribution in [-0.4, -0.2) is 54.9 Å². The van der Waals surface area contributed by atoms with Gasteiger partial charge in [0.1, 0.15) is 22.9 Å². The second kappa shape index (κ2) is 13.2. The number of aliphatic hydroxyl groups excluding tert-OH is 1. The van der Waals surface area contributed by atoms with E-state index in [1.807, 2.05) is 6.92 Å². The predicted octanol–water partition coefficient (Wildman–Crippen LogP) is 7.05. The van der Waals surface area contributed by atoms with Gasteiger partial charge >= 0.3 is 0 Å². The number of nitrogens with one attached hydrogen (secondary N) is 1. The summed E-state index contributed by atoms with van der Waals surface area (Å²) < 4.78 is 46.1. The van der Waals surface area contributed by atoms with Gasteiger partial charge in [-0.25, -0.2) is 9.37 Å². The number of anilines is 1. The van der Waals surface area contributed by atoms with Crippen LogP contribution >= 0.6 is 7.52 Å². The number of carbonyl (C=O) groups excluding carboxylic acids is 1. The molecule has 0 spiro atoms. The number of aromatic nitrogens is 1. The first-order valence-corrected chi connectivity index (χ1v) is 16.3. The van der Waals surface area contributed by atoms with Crippen molar-refractivity contribution >= 4 is 36.2 Å². The van der Waals surface area contributed by atoms with Gasteiger partial charge in [-0.3, -0.25) is 14.0 Å². The van der Waals surface area contributed by atoms with E-state index < -0.39 is 25.9 Å². The van der Waals surface area contributed by atoms with E-state index >= 15 is 0 Å². The Balaban J connectivity index is 1.83. The van der Waals surface area contributed by atoms with Gasteiger partial charge in [-0.2, -0.15) is 0 Å². The minimum absolute atomic E-state index is 0.169. The molecule has 0 saturated heterocycles. The predicted molar refractivity (Wildman–Crippen MR) is 177 cm³/mol. The van der Waals surface area contributed by atoms with Gasteiger partial charge in [0.2, 0.25) is 5.89 Å². The molecule has 3 N–H and O–H groups in total. The van der Waals surface area contributed by atoms with E-state index in [2.05, 4.69) is 16.9 Å². The largest absolute Gasteiger partial charge is 0.496 e. The molecule has 46 heavy (non-hydrogen) atoms. The fourth-order valence-corrected chi connectivity index (χ4v) is 6.23. The Bertz CT molecular complexity index is 2010. The Morgan fingerprint density at radius 3 is 2.48 bits per heavy atom. The summed E-state index contributed by atoms with van der Waals surface area (Å²) in [5.74, 6) is 0.584.